The lowest BCUT2D eigenvalue weighted by molar-refractivity contribution is -0.136. The van der Waals surface area contributed by atoms with Gasteiger partial charge in [0.05, 0.1) is 19.9 Å². The second-order valence-electron chi connectivity index (χ2n) is 6.87. The van der Waals surface area contributed by atoms with Crippen LogP contribution in [0.1, 0.15) is 16.1 Å². The topological polar surface area (TPSA) is 89.5 Å². The number of aryl methyl sites for hydroxylation is 2. The van der Waals surface area contributed by atoms with Gasteiger partial charge >= 0.3 is 11.8 Å². The summed E-state index contributed by atoms with van der Waals surface area (Å²) in [5.74, 6) is -0.0420. The van der Waals surface area contributed by atoms with Crippen LogP contribution in [0.3, 0.4) is 0 Å². The summed E-state index contributed by atoms with van der Waals surface area (Å²) in [4.78, 5) is 29.9. The van der Waals surface area contributed by atoms with E-state index >= 15 is 0 Å². The van der Waals surface area contributed by atoms with Crippen LogP contribution in [0, 0.1) is 13.8 Å². The van der Waals surface area contributed by atoms with Crippen molar-refractivity contribution in [3.63, 3.8) is 0 Å². The van der Waals surface area contributed by atoms with Crippen molar-refractivity contribution < 1.29 is 19.1 Å². The van der Waals surface area contributed by atoms with Crippen molar-refractivity contribution >= 4 is 28.8 Å². The van der Waals surface area contributed by atoms with Crippen molar-refractivity contribution in [3.8, 4) is 22.1 Å². The number of para-hydroxylation sites is 1. The number of ether oxygens (including phenoxy) is 2. The summed E-state index contributed by atoms with van der Waals surface area (Å²) in [6, 6.07) is 13.0. The lowest BCUT2D eigenvalue weighted by atomic mass is 10.2. The quantitative estimate of drug-likeness (QED) is 0.548. The summed E-state index contributed by atoms with van der Waals surface area (Å²) in [6.07, 6.45) is 0.584. The van der Waals surface area contributed by atoms with Crippen LogP contribution in [0.25, 0.3) is 10.6 Å². The molecule has 0 aliphatic heterocycles. The summed E-state index contributed by atoms with van der Waals surface area (Å²) < 4.78 is 10.6. The van der Waals surface area contributed by atoms with E-state index in [-0.39, 0.29) is 0 Å². The molecule has 8 heteroatoms. The monoisotopic (exact) mass is 439 g/mol. The van der Waals surface area contributed by atoms with Gasteiger partial charge in [0.25, 0.3) is 0 Å². The number of amides is 2. The van der Waals surface area contributed by atoms with E-state index in [9.17, 15) is 9.59 Å². The molecule has 2 aromatic carbocycles. The molecule has 0 radical (unpaired) electrons. The van der Waals surface area contributed by atoms with Gasteiger partial charge in [-0.3, -0.25) is 9.59 Å². The molecule has 1 aromatic heterocycles. The number of methoxy groups -OCH3 is 2. The van der Waals surface area contributed by atoms with E-state index in [1.807, 2.05) is 50.2 Å². The van der Waals surface area contributed by atoms with Gasteiger partial charge < -0.3 is 20.1 Å². The lowest BCUT2D eigenvalue weighted by Crippen LogP contribution is -2.36. The van der Waals surface area contributed by atoms with Gasteiger partial charge in [-0.15, -0.1) is 11.3 Å². The van der Waals surface area contributed by atoms with Gasteiger partial charge in [0, 0.05) is 29.1 Å². The highest BCUT2D eigenvalue weighted by Gasteiger charge is 2.16. The van der Waals surface area contributed by atoms with Crippen LogP contribution in [0.5, 0.6) is 11.5 Å². The number of carbonyl (C=O) groups excluding carboxylic acids is 2. The largest absolute Gasteiger partial charge is 0.493 e. The van der Waals surface area contributed by atoms with E-state index in [1.165, 1.54) is 0 Å². The van der Waals surface area contributed by atoms with Crippen molar-refractivity contribution in [1.82, 2.24) is 10.3 Å². The zero-order chi connectivity index (χ0) is 22.4. The van der Waals surface area contributed by atoms with Crippen molar-refractivity contribution in [2.45, 2.75) is 20.3 Å². The Morgan fingerprint density at radius 2 is 1.74 bits per heavy atom. The molecule has 0 aliphatic rings. The van der Waals surface area contributed by atoms with E-state index < -0.39 is 11.8 Å². The molecule has 0 spiro atoms. The highest BCUT2D eigenvalue weighted by Crippen LogP contribution is 2.35. The van der Waals surface area contributed by atoms with Crippen molar-refractivity contribution in [2.24, 2.45) is 0 Å². The van der Waals surface area contributed by atoms with Crippen molar-refractivity contribution in [3.05, 3.63) is 58.6 Å². The molecule has 162 valence electrons. The molecule has 0 fully saturated rings. The summed E-state index contributed by atoms with van der Waals surface area (Å²) in [5, 5.41) is 6.16. The third kappa shape index (κ3) is 5.40. The third-order valence-corrected chi connectivity index (χ3v) is 6.03. The maximum Gasteiger partial charge on any atom is 0.313 e. The average Bonchev–Trinajstić information content (AvgIpc) is 3.15. The number of nitrogens with zero attached hydrogens (tertiary/aromatic N) is 1. The molecule has 7 nitrogen and oxygen atoms in total. The fraction of sp³-hybridized carbons (Fsp3) is 0.261. The Morgan fingerprint density at radius 1 is 1.00 bits per heavy atom. The number of hydrogen-bond donors (Lipinski definition) is 2. The highest BCUT2D eigenvalue weighted by atomic mass is 32.1. The van der Waals surface area contributed by atoms with Gasteiger partial charge in [-0.1, -0.05) is 18.2 Å². The second-order valence-corrected chi connectivity index (χ2v) is 7.96. The Balaban J connectivity index is 1.59. The predicted molar refractivity (Wildman–Crippen MR) is 122 cm³/mol. The zero-order valence-electron chi connectivity index (χ0n) is 17.9. The number of nitrogens with one attached hydrogen (secondary N) is 2. The number of hydrogen-bond acceptors (Lipinski definition) is 6. The average molecular weight is 440 g/mol. The predicted octanol–water partition coefficient (Wildman–Crippen LogP) is 3.74. The van der Waals surface area contributed by atoms with E-state index in [1.54, 1.807) is 31.6 Å². The smallest absolute Gasteiger partial charge is 0.313 e. The van der Waals surface area contributed by atoms with E-state index in [4.69, 9.17) is 9.47 Å². The number of benzene rings is 2. The fourth-order valence-corrected chi connectivity index (χ4v) is 4.07. The second kappa shape index (κ2) is 10.1. The van der Waals surface area contributed by atoms with Gasteiger partial charge in [0.1, 0.15) is 5.01 Å². The van der Waals surface area contributed by atoms with Crippen LogP contribution in [-0.2, 0) is 16.0 Å². The van der Waals surface area contributed by atoms with Crippen molar-refractivity contribution in [2.75, 3.05) is 26.1 Å². The summed E-state index contributed by atoms with van der Waals surface area (Å²) >= 11 is 1.55. The number of carbonyl (C=O) groups is 2. The molecule has 3 aromatic rings. The van der Waals surface area contributed by atoms with Crippen molar-refractivity contribution in [1.29, 1.82) is 0 Å². The minimum absolute atomic E-state index is 0.342. The van der Waals surface area contributed by atoms with Crippen LogP contribution in [0.2, 0.25) is 0 Å². The summed E-state index contributed by atoms with van der Waals surface area (Å²) in [5.41, 5.74) is 3.35. The molecule has 0 bridgehead atoms. The Bertz CT molecular complexity index is 1090. The van der Waals surface area contributed by atoms with Crippen LogP contribution >= 0.6 is 11.3 Å². The molecular formula is C23H25N3O4S. The summed E-state index contributed by atoms with van der Waals surface area (Å²) in [7, 11) is 3.19. The van der Waals surface area contributed by atoms with Crippen LogP contribution in [0.4, 0.5) is 5.69 Å². The molecule has 2 amide bonds. The molecule has 0 aliphatic carbocycles. The van der Waals surface area contributed by atoms with Gasteiger partial charge in [-0.25, -0.2) is 4.98 Å². The maximum atomic E-state index is 12.1. The molecule has 0 saturated carbocycles. The SMILES string of the molecule is COc1ccc(-c2nc(C)c(CCNC(=O)C(=O)Nc3ccccc3C)s2)cc1OC. The molecule has 0 atom stereocenters. The minimum atomic E-state index is -0.679. The molecule has 1 heterocycles. The molecule has 2 N–H and O–H groups in total. The number of aromatic nitrogens is 1. The first kappa shape index (κ1) is 22.3. The highest BCUT2D eigenvalue weighted by molar-refractivity contribution is 7.15. The van der Waals surface area contributed by atoms with E-state index in [2.05, 4.69) is 15.6 Å². The van der Waals surface area contributed by atoms with Gasteiger partial charge in [0.2, 0.25) is 0 Å². The van der Waals surface area contributed by atoms with Gasteiger partial charge in [0.15, 0.2) is 11.5 Å². The minimum Gasteiger partial charge on any atom is -0.493 e. The normalized spacial score (nSPS) is 10.5. The van der Waals surface area contributed by atoms with Crippen LogP contribution in [-0.4, -0.2) is 37.6 Å². The summed E-state index contributed by atoms with van der Waals surface area (Å²) in [6.45, 7) is 4.15. The molecule has 31 heavy (non-hydrogen) atoms. The lowest BCUT2D eigenvalue weighted by Gasteiger charge is -2.08. The fourth-order valence-electron chi connectivity index (χ4n) is 3.01. The van der Waals surface area contributed by atoms with Crippen LogP contribution < -0.4 is 20.1 Å². The van der Waals surface area contributed by atoms with Crippen LogP contribution in [0.15, 0.2) is 42.5 Å². The number of rotatable bonds is 7. The third-order valence-electron chi connectivity index (χ3n) is 4.76. The number of thiazole rings is 1. The maximum absolute atomic E-state index is 12.1. The Morgan fingerprint density at radius 3 is 2.45 bits per heavy atom. The Labute approximate surface area is 185 Å². The van der Waals surface area contributed by atoms with E-state index in [0.29, 0.717) is 30.2 Å². The number of anilines is 1. The first-order valence-electron chi connectivity index (χ1n) is 9.76. The molecule has 0 unspecified atom stereocenters. The van der Waals surface area contributed by atoms with Gasteiger partial charge in [-0.05, 0) is 43.7 Å². The van der Waals surface area contributed by atoms with Gasteiger partial charge in [-0.2, -0.15) is 0 Å². The molecule has 3 rings (SSSR count). The Kier molecular flexibility index (Phi) is 7.25. The molecular weight excluding hydrogens is 414 g/mol. The first-order valence-corrected chi connectivity index (χ1v) is 10.6. The Hall–Kier alpha value is -3.39. The van der Waals surface area contributed by atoms with E-state index in [0.717, 1.165) is 26.7 Å². The standard InChI is InChI=1S/C23H25N3O4S/c1-14-7-5-6-8-17(14)26-22(28)21(27)24-12-11-20-15(2)25-23(31-20)16-9-10-18(29-3)19(13-16)30-4/h5-10,13H,11-12H2,1-4H3,(H,24,27)(H,26,28). The first-order chi connectivity index (χ1) is 14.9. The zero-order valence-corrected chi connectivity index (χ0v) is 18.8. The molecule has 0 saturated heterocycles.